The van der Waals surface area contributed by atoms with E-state index in [-0.39, 0.29) is 24.4 Å². The van der Waals surface area contributed by atoms with Crippen molar-refractivity contribution in [2.45, 2.75) is 44.6 Å². The van der Waals surface area contributed by atoms with E-state index in [4.69, 9.17) is 14.2 Å². The summed E-state index contributed by atoms with van der Waals surface area (Å²) in [6.45, 7) is 2.43. The van der Waals surface area contributed by atoms with Crippen LogP contribution in [0.1, 0.15) is 42.4 Å². The van der Waals surface area contributed by atoms with Crippen molar-refractivity contribution >= 4 is 12.0 Å². The second-order valence-corrected chi connectivity index (χ2v) is 9.64. The third-order valence-corrected chi connectivity index (χ3v) is 6.61. The Morgan fingerprint density at radius 1 is 1.14 bits per heavy atom. The van der Waals surface area contributed by atoms with Crippen molar-refractivity contribution in [3.05, 3.63) is 58.7 Å². The number of fused-ring (bicyclic) bond motifs is 1. The number of likely N-dealkylation sites (tertiary alicyclic amines) is 1. The monoisotopic (exact) mass is 503 g/mol. The third kappa shape index (κ3) is 5.95. The fourth-order valence-corrected chi connectivity index (χ4v) is 4.58. The number of alkyl halides is 3. The van der Waals surface area contributed by atoms with Crippen LogP contribution >= 0.6 is 0 Å². The maximum atomic E-state index is 13.5. The Balaban J connectivity index is 1.22. The number of carboxylic acid groups (broad SMARTS) is 1. The molecule has 2 aromatic carbocycles. The predicted octanol–water partition coefficient (Wildman–Crippen LogP) is 5.40. The molecule has 1 saturated heterocycles. The second-order valence-electron chi connectivity index (χ2n) is 9.64. The van der Waals surface area contributed by atoms with Crippen molar-refractivity contribution in [1.82, 2.24) is 4.90 Å². The van der Waals surface area contributed by atoms with Crippen LogP contribution in [-0.2, 0) is 17.6 Å². The van der Waals surface area contributed by atoms with Crippen LogP contribution in [0.5, 0.6) is 17.2 Å². The molecule has 192 valence electrons. The molecule has 0 aromatic heterocycles. The minimum absolute atomic E-state index is 0.0215. The van der Waals surface area contributed by atoms with Gasteiger partial charge in [0.1, 0.15) is 30.5 Å². The summed E-state index contributed by atoms with van der Waals surface area (Å²) in [5, 5.41) is 9.30. The molecule has 1 atom stereocenters. The van der Waals surface area contributed by atoms with Crippen molar-refractivity contribution in [3.63, 3.8) is 0 Å². The van der Waals surface area contributed by atoms with E-state index < -0.39 is 17.7 Å². The van der Waals surface area contributed by atoms with Gasteiger partial charge in [0, 0.05) is 24.7 Å². The minimum Gasteiger partial charge on any atom is -0.490 e. The van der Waals surface area contributed by atoms with Crippen LogP contribution in [-0.4, -0.2) is 48.3 Å². The van der Waals surface area contributed by atoms with Crippen molar-refractivity contribution in [1.29, 1.82) is 0 Å². The first kappa shape index (κ1) is 24.5. The van der Waals surface area contributed by atoms with Gasteiger partial charge < -0.3 is 19.3 Å². The van der Waals surface area contributed by atoms with E-state index in [2.05, 4.69) is 4.90 Å². The van der Waals surface area contributed by atoms with Crippen molar-refractivity contribution in [3.8, 4) is 17.2 Å². The van der Waals surface area contributed by atoms with E-state index in [1.807, 2.05) is 12.1 Å². The average Bonchev–Trinajstić information content (AvgIpc) is 3.67. The fourth-order valence-electron chi connectivity index (χ4n) is 4.58. The molecule has 36 heavy (non-hydrogen) atoms. The standard InChI is InChI=1S/C27H28F3NO5/c28-27(29,30)23-11-17(3-8-24(23)36-21-6-7-21)15-34-22-5-4-19-10-18(16-35-25(19)12-22)13-31-9-1-2-20(14-31)26(32)33/h3-5,8,10-12,20-21H,1-2,6-7,9,13-16H2,(H,32,33). The molecule has 1 N–H and O–H groups in total. The molecule has 9 heteroatoms. The van der Waals surface area contributed by atoms with E-state index in [1.165, 1.54) is 6.07 Å². The Labute approximate surface area is 207 Å². The summed E-state index contributed by atoms with van der Waals surface area (Å²) in [5.41, 5.74) is 1.56. The first-order valence-corrected chi connectivity index (χ1v) is 12.2. The number of rotatable bonds is 8. The van der Waals surface area contributed by atoms with Crippen LogP contribution in [0, 0.1) is 5.92 Å². The molecule has 1 aliphatic carbocycles. The molecule has 6 nitrogen and oxygen atoms in total. The lowest BCUT2D eigenvalue weighted by molar-refractivity contribution is -0.143. The highest BCUT2D eigenvalue weighted by Crippen LogP contribution is 2.39. The first-order chi connectivity index (χ1) is 17.2. The summed E-state index contributed by atoms with van der Waals surface area (Å²) in [6, 6.07) is 9.39. The Kier molecular flexibility index (Phi) is 6.83. The van der Waals surface area contributed by atoms with Crippen LogP contribution in [0.25, 0.3) is 6.08 Å². The van der Waals surface area contributed by atoms with E-state index in [9.17, 15) is 23.1 Å². The lowest BCUT2D eigenvalue weighted by Crippen LogP contribution is -2.40. The van der Waals surface area contributed by atoms with Gasteiger partial charge in [-0.25, -0.2) is 0 Å². The van der Waals surface area contributed by atoms with E-state index >= 15 is 0 Å². The molecule has 3 aliphatic rings. The van der Waals surface area contributed by atoms with Crippen LogP contribution in [0.4, 0.5) is 13.2 Å². The second kappa shape index (κ2) is 10.0. The molecular weight excluding hydrogens is 475 g/mol. The number of ether oxygens (including phenoxy) is 3. The molecule has 2 aliphatic heterocycles. The first-order valence-electron chi connectivity index (χ1n) is 12.2. The van der Waals surface area contributed by atoms with E-state index in [1.54, 1.807) is 18.2 Å². The van der Waals surface area contributed by atoms with Gasteiger partial charge in [0.25, 0.3) is 0 Å². The molecule has 5 rings (SSSR count). The molecular formula is C27H28F3NO5. The lowest BCUT2D eigenvalue weighted by Gasteiger charge is -2.32. The summed E-state index contributed by atoms with van der Waals surface area (Å²) in [5.74, 6) is -0.0737. The molecule has 0 radical (unpaired) electrons. The average molecular weight is 504 g/mol. The zero-order chi connectivity index (χ0) is 25.3. The number of piperidine rings is 1. The van der Waals surface area contributed by atoms with Gasteiger partial charge in [-0.15, -0.1) is 0 Å². The lowest BCUT2D eigenvalue weighted by atomic mass is 9.97. The fraction of sp³-hybridized carbons (Fsp3) is 0.444. The molecule has 0 spiro atoms. The van der Waals surface area contributed by atoms with E-state index in [0.717, 1.165) is 43.0 Å². The molecule has 2 heterocycles. The van der Waals surface area contributed by atoms with Crippen molar-refractivity contribution in [2.75, 3.05) is 26.2 Å². The van der Waals surface area contributed by atoms with Crippen molar-refractivity contribution < 1.29 is 37.3 Å². The molecule has 2 aromatic rings. The van der Waals surface area contributed by atoms with E-state index in [0.29, 0.717) is 43.2 Å². The zero-order valence-electron chi connectivity index (χ0n) is 19.7. The number of carboxylic acids is 1. The summed E-state index contributed by atoms with van der Waals surface area (Å²) in [4.78, 5) is 13.5. The van der Waals surface area contributed by atoms with Gasteiger partial charge in [0.2, 0.25) is 0 Å². The summed E-state index contributed by atoms with van der Waals surface area (Å²) in [6.07, 6.45) is 0.547. The molecule has 1 saturated carbocycles. The largest absolute Gasteiger partial charge is 0.490 e. The van der Waals surface area contributed by atoms with Crippen molar-refractivity contribution in [2.24, 2.45) is 5.92 Å². The zero-order valence-corrected chi connectivity index (χ0v) is 19.7. The molecule has 0 amide bonds. The Morgan fingerprint density at radius 3 is 2.72 bits per heavy atom. The summed E-state index contributed by atoms with van der Waals surface area (Å²) >= 11 is 0. The number of nitrogens with zero attached hydrogens (tertiary/aromatic N) is 1. The minimum atomic E-state index is -4.51. The topological polar surface area (TPSA) is 68.2 Å². The van der Waals surface area contributed by atoms with Gasteiger partial charge in [-0.2, -0.15) is 13.2 Å². The number of benzene rings is 2. The highest BCUT2D eigenvalue weighted by molar-refractivity contribution is 5.70. The third-order valence-electron chi connectivity index (χ3n) is 6.61. The smallest absolute Gasteiger partial charge is 0.419 e. The highest BCUT2D eigenvalue weighted by Gasteiger charge is 2.36. The van der Waals surface area contributed by atoms with Crippen LogP contribution < -0.4 is 14.2 Å². The highest BCUT2D eigenvalue weighted by atomic mass is 19.4. The quantitative estimate of drug-likeness (QED) is 0.521. The van der Waals surface area contributed by atoms with Gasteiger partial charge in [-0.1, -0.05) is 6.07 Å². The number of hydrogen-bond acceptors (Lipinski definition) is 5. The van der Waals surface area contributed by atoms with Gasteiger partial charge in [-0.05, 0) is 73.7 Å². The SMILES string of the molecule is O=C(O)C1CCCN(CC2=Cc3ccc(OCc4ccc(OC5CC5)c(C(F)(F)F)c4)cc3OC2)C1. The Morgan fingerprint density at radius 2 is 1.97 bits per heavy atom. The van der Waals surface area contributed by atoms with Gasteiger partial charge in [0.15, 0.2) is 0 Å². The Hall–Kier alpha value is -3.20. The summed E-state index contributed by atoms with van der Waals surface area (Å²) < 4.78 is 57.6. The maximum absolute atomic E-state index is 13.5. The molecule has 1 unspecified atom stereocenters. The maximum Gasteiger partial charge on any atom is 0.419 e. The van der Waals surface area contributed by atoms with Gasteiger partial charge in [-0.3, -0.25) is 9.69 Å². The van der Waals surface area contributed by atoms with Gasteiger partial charge >= 0.3 is 12.1 Å². The normalized spacial score (nSPS) is 20.2. The number of aliphatic carboxylic acids is 1. The van der Waals surface area contributed by atoms with Gasteiger partial charge in [0.05, 0.1) is 17.6 Å². The number of hydrogen-bond donors (Lipinski definition) is 1. The molecule has 0 bridgehead atoms. The number of carbonyl (C=O) groups is 1. The van der Waals surface area contributed by atoms with Crippen LogP contribution in [0.2, 0.25) is 0 Å². The molecule has 2 fully saturated rings. The predicted molar refractivity (Wildman–Crippen MR) is 126 cm³/mol. The van der Waals surface area contributed by atoms with Crippen LogP contribution in [0.3, 0.4) is 0 Å². The van der Waals surface area contributed by atoms with Crippen LogP contribution in [0.15, 0.2) is 42.0 Å². The Bertz CT molecular complexity index is 1160. The number of halogens is 3. The summed E-state index contributed by atoms with van der Waals surface area (Å²) in [7, 11) is 0.